The number of nitrogens with zero attached hydrogens (tertiary/aromatic N) is 4. The van der Waals surface area contributed by atoms with E-state index in [0.29, 0.717) is 22.7 Å². The number of carbonyl (C=O) groups is 1. The van der Waals surface area contributed by atoms with Crippen LogP contribution in [0.1, 0.15) is 96.0 Å². The SMILES string of the molecule is CCCC[S+]([O-])N[C@H](CC#N)c1cnn2cc([C@@H](NC(=O)OC(C)(C)C)C3CCC(F)(F)CC3)nc2c1. The number of ether oxygens (including phenoxy) is 1. The smallest absolute Gasteiger partial charge is 0.408 e. The van der Waals surface area contributed by atoms with Crippen LogP contribution in [0, 0.1) is 17.2 Å². The number of rotatable bonds is 10. The van der Waals surface area contributed by atoms with Crippen LogP contribution < -0.4 is 10.0 Å². The first-order chi connectivity index (χ1) is 17.4. The van der Waals surface area contributed by atoms with Crippen LogP contribution >= 0.6 is 0 Å². The third-order valence-corrected chi connectivity index (χ3v) is 7.45. The highest BCUT2D eigenvalue weighted by Crippen LogP contribution is 2.41. The number of nitriles is 1. The summed E-state index contributed by atoms with van der Waals surface area (Å²) in [6, 6.07) is 2.74. The Balaban J connectivity index is 1.87. The molecule has 2 aromatic rings. The fourth-order valence-electron chi connectivity index (χ4n) is 4.33. The Morgan fingerprint density at radius 2 is 2.11 bits per heavy atom. The Hall–Kier alpha value is -2.49. The molecule has 0 bridgehead atoms. The number of nitrogens with one attached hydrogen (secondary N) is 2. The molecule has 3 atom stereocenters. The Morgan fingerprint density at radius 1 is 1.41 bits per heavy atom. The van der Waals surface area contributed by atoms with E-state index in [0.717, 1.165) is 12.8 Å². The van der Waals surface area contributed by atoms with Gasteiger partial charge in [0.05, 0.1) is 42.7 Å². The topological polar surface area (TPSA) is 127 Å². The molecule has 2 aromatic heterocycles. The van der Waals surface area contributed by atoms with Gasteiger partial charge in [0.25, 0.3) is 0 Å². The van der Waals surface area contributed by atoms with Crippen LogP contribution in [0.15, 0.2) is 18.5 Å². The lowest BCUT2D eigenvalue weighted by Crippen LogP contribution is -2.40. The number of imidazole rings is 1. The number of amides is 1. The number of fused-ring (bicyclic) bond motifs is 1. The van der Waals surface area contributed by atoms with E-state index in [4.69, 9.17) is 4.74 Å². The summed E-state index contributed by atoms with van der Waals surface area (Å²) in [6.07, 6.45) is 4.39. The Bertz CT molecular complexity index is 1090. The maximum atomic E-state index is 13.8. The molecular weight excluding hydrogens is 502 g/mol. The molecule has 0 aromatic carbocycles. The van der Waals surface area contributed by atoms with Gasteiger partial charge in [0.15, 0.2) is 5.65 Å². The first-order valence-electron chi connectivity index (χ1n) is 12.6. The Morgan fingerprint density at radius 3 is 2.73 bits per heavy atom. The van der Waals surface area contributed by atoms with Crippen molar-refractivity contribution < 1.29 is 22.9 Å². The molecule has 0 spiro atoms. The zero-order chi connectivity index (χ0) is 27.2. The Labute approximate surface area is 219 Å². The van der Waals surface area contributed by atoms with Gasteiger partial charge in [-0.3, -0.25) is 0 Å². The van der Waals surface area contributed by atoms with Gasteiger partial charge in [-0.05, 0) is 57.6 Å². The summed E-state index contributed by atoms with van der Waals surface area (Å²) in [5.74, 6) is -2.46. The lowest BCUT2D eigenvalue weighted by atomic mass is 9.81. The molecule has 1 fully saturated rings. The van der Waals surface area contributed by atoms with Gasteiger partial charge in [-0.25, -0.2) is 23.1 Å². The fraction of sp³-hybridized carbons (Fsp3) is 0.680. The van der Waals surface area contributed by atoms with Crippen molar-refractivity contribution in [2.24, 2.45) is 5.92 Å². The lowest BCUT2D eigenvalue weighted by Gasteiger charge is -2.33. The average Bonchev–Trinajstić information content (AvgIpc) is 3.23. The molecular formula is C25H36F2N6O3S. The first kappa shape index (κ1) is 29.1. The highest BCUT2D eigenvalue weighted by Gasteiger charge is 2.39. The molecule has 2 N–H and O–H groups in total. The van der Waals surface area contributed by atoms with E-state index in [2.05, 4.69) is 26.2 Å². The fourth-order valence-corrected chi connectivity index (χ4v) is 5.53. The van der Waals surface area contributed by atoms with Crippen molar-refractivity contribution in [2.45, 2.75) is 96.2 Å². The predicted octanol–water partition coefficient (Wildman–Crippen LogP) is 5.13. The van der Waals surface area contributed by atoms with Crippen LogP contribution in [-0.4, -0.2) is 42.5 Å². The van der Waals surface area contributed by atoms with Crippen LogP contribution in [0.4, 0.5) is 13.6 Å². The normalized spacial score (nSPS) is 18.6. The van der Waals surface area contributed by atoms with Crippen molar-refractivity contribution in [3.8, 4) is 6.07 Å². The first-order valence-corrected chi connectivity index (χ1v) is 14.0. The van der Waals surface area contributed by atoms with Crippen molar-refractivity contribution in [3.63, 3.8) is 0 Å². The number of alkyl carbamates (subject to hydrolysis) is 1. The predicted molar refractivity (Wildman–Crippen MR) is 136 cm³/mol. The minimum atomic E-state index is -2.71. The summed E-state index contributed by atoms with van der Waals surface area (Å²) in [6.45, 7) is 7.27. The molecule has 0 aliphatic heterocycles. The zero-order valence-corrected chi connectivity index (χ0v) is 22.6. The molecule has 1 unspecified atom stereocenters. The Kier molecular flexibility index (Phi) is 9.72. The van der Waals surface area contributed by atoms with Gasteiger partial charge in [-0.2, -0.15) is 10.4 Å². The molecule has 0 radical (unpaired) electrons. The molecule has 37 heavy (non-hydrogen) atoms. The molecule has 3 rings (SSSR count). The number of unbranched alkanes of at least 4 members (excludes halogenated alkanes) is 1. The molecule has 0 saturated heterocycles. The van der Waals surface area contributed by atoms with Gasteiger partial charge in [0.1, 0.15) is 11.4 Å². The second kappa shape index (κ2) is 12.4. The number of carbonyl (C=O) groups excluding carboxylic acids is 1. The van der Waals surface area contributed by atoms with Crippen LogP contribution in [0.5, 0.6) is 0 Å². The molecule has 1 aliphatic rings. The largest absolute Gasteiger partial charge is 0.598 e. The van der Waals surface area contributed by atoms with Crippen LogP contribution in [0.3, 0.4) is 0 Å². The van der Waals surface area contributed by atoms with E-state index in [-0.39, 0.29) is 38.0 Å². The molecule has 1 amide bonds. The van der Waals surface area contributed by atoms with Gasteiger partial charge in [0, 0.05) is 24.2 Å². The summed E-state index contributed by atoms with van der Waals surface area (Å²) in [5.41, 5.74) is 0.893. The van der Waals surface area contributed by atoms with Gasteiger partial charge < -0.3 is 14.6 Å². The maximum Gasteiger partial charge on any atom is 0.408 e. The minimum absolute atomic E-state index is 0.0996. The summed E-state index contributed by atoms with van der Waals surface area (Å²) in [4.78, 5) is 17.3. The highest BCUT2D eigenvalue weighted by molar-refractivity contribution is 7.89. The lowest BCUT2D eigenvalue weighted by molar-refractivity contribution is -0.0500. The standard InChI is InChI=1S/C25H36F2N6O3S/c1-5-6-13-37(35)32-19(9-12-28)18-14-21-30-20(16-33(21)29-15-18)22(31-23(34)36-24(2,3)4)17-7-10-25(26,27)11-8-17/h14-17,19,22,32H,5-11,13H2,1-4H3,(H,31,34)/t19-,22+,37?/m1/s1. The monoisotopic (exact) mass is 538 g/mol. The summed E-state index contributed by atoms with van der Waals surface area (Å²) >= 11 is -1.29. The van der Waals surface area contributed by atoms with Crippen molar-refractivity contribution >= 4 is 23.1 Å². The summed E-state index contributed by atoms with van der Waals surface area (Å²) in [7, 11) is 0. The van der Waals surface area contributed by atoms with Crippen LogP contribution in [0.25, 0.3) is 5.65 Å². The molecule has 204 valence electrons. The van der Waals surface area contributed by atoms with E-state index in [1.54, 1.807) is 39.2 Å². The van der Waals surface area contributed by atoms with Crippen LogP contribution in [0.2, 0.25) is 0 Å². The average molecular weight is 539 g/mol. The quantitative estimate of drug-likeness (QED) is 0.402. The zero-order valence-electron chi connectivity index (χ0n) is 21.8. The number of hydrogen-bond acceptors (Lipinski definition) is 7. The summed E-state index contributed by atoms with van der Waals surface area (Å²) < 4.78 is 50.0. The molecule has 2 heterocycles. The molecule has 9 nitrogen and oxygen atoms in total. The number of halogens is 2. The van der Waals surface area contributed by atoms with E-state index in [9.17, 15) is 23.4 Å². The van der Waals surface area contributed by atoms with Gasteiger partial charge in [-0.15, -0.1) is 4.72 Å². The van der Waals surface area contributed by atoms with Gasteiger partial charge >= 0.3 is 6.09 Å². The van der Waals surface area contributed by atoms with E-state index in [1.807, 2.05) is 6.92 Å². The van der Waals surface area contributed by atoms with E-state index < -0.39 is 41.1 Å². The number of aromatic nitrogens is 3. The second-order valence-corrected chi connectivity index (χ2v) is 11.8. The number of alkyl halides is 2. The third-order valence-electron chi connectivity index (χ3n) is 6.24. The third kappa shape index (κ3) is 8.51. The molecule has 12 heteroatoms. The van der Waals surface area contributed by atoms with Crippen molar-refractivity contribution in [3.05, 3.63) is 29.7 Å². The van der Waals surface area contributed by atoms with Crippen molar-refractivity contribution in [1.82, 2.24) is 24.6 Å². The summed E-state index contributed by atoms with van der Waals surface area (Å²) in [5, 5.41) is 16.5. The minimum Gasteiger partial charge on any atom is -0.598 e. The van der Waals surface area contributed by atoms with E-state index >= 15 is 0 Å². The van der Waals surface area contributed by atoms with Gasteiger partial charge in [0.2, 0.25) is 5.92 Å². The van der Waals surface area contributed by atoms with E-state index in [1.165, 1.54) is 4.52 Å². The highest BCUT2D eigenvalue weighted by atomic mass is 32.2. The second-order valence-electron chi connectivity index (χ2n) is 10.5. The molecule has 1 aliphatic carbocycles. The van der Waals surface area contributed by atoms with Crippen molar-refractivity contribution in [1.29, 1.82) is 5.26 Å². The molecule has 1 saturated carbocycles. The van der Waals surface area contributed by atoms with Crippen LogP contribution in [-0.2, 0) is 16.1 Å². The number of hydrogen-bond donors (Lipinski definition) is 2. The van der Waals surface area contributed by atoms with Crippen molar-refractivity contribution in [2.75, 3.05) is 5.75 Å². The maximum absolute atomic E-state index is 13.8. The van der Waals surface area contributed by atoms with Gasteiger partial charge in [-0.1, -0.05) is 13.3 Å².